The number of halogens is 1. The molecule has 1 N–H and O–H groups in total. The number of piperidine rings is 1. The largest absolute Gasteiger partial charge is 0.339 e. The molecule has 0 bridgehead atoms. The van der Waals surface area contributed by atoms with Crippen molar-refractivity contribution in [2.75, 3.05) is 13.1 Å². The minimum Gasteiger partial charge on any atom is -0.339 e. The topological polar surface area (TPSA) is 92.1 Å². The first kappa shape index (κ1) is 20.8. The summed E-state index contributed by atoms with van der Waals surface area (Å²) in [5, 5.41) is 3.97. The second-order valence-corrected chi connectivity index (χ2v) is 8.04. The lowest BCUT2D eigenvalue weighted by atomic mass is 9.97. The summed E-state index contributed by atoms with van der Waals surface area (Å²) in [4.78, 5) is 34.6. The molecule has 0 aliphatic carbocycles. The maximum absolute atomic E-state index is 13.5. The van der Waals surface area contributed by atoms with Gasteiger partial charge in [0.1, 0.15) is 11.4 Å². The summed E-state index contributed by atoms with van der Waals surface area (Å²) in [7, 11) is 0. The number of nitrogens with zero attached hydrogens (tertiary/aromatic N) is 3. The number of benzene rings is 2. The molecule has 0 saturated carbocycles. The molecule has 7 nitrogen and oxygen atoms in total. The van der Waals surface area contributed by atoms with Crippen LogP contribution in [0.3, 0.4) is 0 Å². The van der Waals surface area contributed by atoms with Crippen LogP contribution in [-0.4, -0.2) is 39.0 Å². The van der Waals surface area contributed by atoms with Crippen molar-refractivity contribution in [2.24, 2.45) is 0 Å². The van der Waals surface area contributed by atoms with Crippen molar-refractivity contribution in [1.29, 1.82) is 0 Å². The Labute approximate surface area is 188 Å². The number of aromatic amines is 1. The van der Waals surface area contributed by atoms with E-state index in [0.717, 1.165) is 18.4 Å². The summed E-state index contributed by atoms with van der Waals surface area (Å²) in [5.41, 5.74) is 1.73. The molecule has 3 heterocycles. The Balaban J connectivity index is 1.33. The van der Waals surface area contributed by atoms with E-state index in [4.69, 9.17) is 4.52 Å². The van der Waals surface area contributed by atoms with Crippen molar-refractivity contribution < 1.29 is 13.7 Å². The first-order valence-electron chi connectivity index (χ1n) is 10.8. The molecule has 166 valence electrons. The second kappa shape index (κ2) is 8.82. The van der Waals surface area contributed by atoms with Gasteiger partial charge in [0.2, 0.25) is 11.7 Å². The van der Waals surface area contributed by atoms with Gasteiger partial charge in [0.05, 0.1) is 5.92 Å². The SMILES string of the molecule is O=C(c1ccc(-c2ccccc2)[nH]c1=O)N1CCCC(c2nc(-c3cccc(F)c3)no2)C1. The number of H-pyrrole nitrogens is 1. The van der Waals surface area contributed by atoms with Gasteiger partial charge in [0, 0.05) is 24.3 Å². The predicted molar refractivity (Wildman–Crippen MR) is 120 cm³/mol. The van der Waals surface area contributed by atoms with Gasteiger partial charge in [-0.3, -0.25) is 9.59 Å². The average molecular weight is 444 g/mol. The number of hydrogen-bond acceptors (Lipinski definition) is 5. The zero-order valence-electron chi connectivity index (χ0n) is 17.7. The van der Waals surface area contributed by atoms with Gasteiger partial charge in [-0.15, -0.1) is 0 Å². The van der Waals surface area contributed by atoms with Crippen LogP contribution in [0.4, 0.5) is 4.39 Å². The van der Waals surface area contributed by atoms with E-state index in [-0.39, 0.29) is 23.2 Å². The molecule has 1 unspecified atom stereocenters. The van der Waals surface area contributed by atoms with Gasteiger partial charge in [-0.1, -0.05) is 47.6 Å². The summed E-state index contributed by atoms with van der Waals surface area (Å²) in [6, 6.07) is 18.8. The fourth-order valence-corrected chi connectivity index (χ4v) is 4.11. The normalized spacial score (nSPS) is 16.0. The van der Waals surface area contributed by atoms with Gasteiger partial charge in [0.25, 0.3) is 11.5 Å². The van der Waals surface area contributed by atoms with Gasteiger partial charge < -0.3 is 14.4 Å². The van der Waals surface area contributed by atoms with Crippen LogP contribution >= 0.6 is 0 Å². The maximum atomic E-state index is 13.5. The molecule has 2 aromatic carbocycles. The van der Waals surface area contributed by atoms with Crippen LogP contribution < -0.4 is 5.56 Å². The van der Waals surface area contributed by atoms with E-state index in [1.165, 1.54) is 12.1 Å². The lowest BCUT2D eigenvalue weighted by molar-refractivity contribution is 0.0694. The number of nitrogens with one attached hydrogen (secondary N) is 1. The predicted octanol–water partition coefficient (Wildman–Crippen LogP) is 4.25. The summed E-state index contributed by atoms with van der Waals surface area (Å²) in [5.74, 6) is -0.150. The van der Waals surface area contributed by atoms with Crippen molar-refractivity contribution in [2.45, 2.75) is 18.8 Å². The molecule has 1 fully saturated rings. The van der Waals surface area contributed by atoms with Crippen LogP contribution in [0.5, 0.6) is 0 Å². The van der Waals surface area contributed by atoms with Crippen LogP contribution in [-0.2, 0) is 0 Å². The van der Waals surface area contributed by atoms with Crippen LogP contribution in [0.1, 0.15) is 35.0 Å². The highest BCUT2D eigenvalue weighted by Crippen LogP contribution is 2.28. The van der Waals surface area contributed by atoms with Crippen LogP contribution in [0.2, 0.25) is 0 Å². The molecule has 4 aromatic rings. The van der Waals surface area contributed by atoms with Crippen LogP contribution in [0.25, 0.3) is 22.6 Å². The number of rotatable bonds is 4. The number of likely N-dealkylation sites (tertiary alicyclic amines) is 1. The average Bonchev–Trinajstić information content (AvgIpc) is 3.35. The number of aromatic nitrogens is 3. The highest BCUT2D eigenvalue weighted by Gasteiger charge is 2.30. The number of pyridine rings is 1. The third-order valence-corrected chi connectivity index (χ3v) is 5.81. The van der Waals surface area contributed by atoms with Gasteiger partial charge in [0.15, 0.2) is 0 Å². The first-order valence-corrected chi connectivity index (χ1v) is 10.8. The lowest BCUT2D eigenvalue weighted by Crippen LogP contribution is -2.41. The molecule has 1 atom stereocenters. The fourth-order valence-electron chi connectivity index (χ4n) is 4.11. The molecule has 1 aliphatic heterocycles. The molecule has 5 rings (SSSR count). The van der Waals surface area contributed by atoms with E-state index < -0.39 is 5.56 Å². The molecule has 1 aliphatic rings. The van der Waals surface area contributed by atoms with Gasteiger partial charge in [-0.25, -0.2) is 4.39 Å². The van der Waals surface area contributed by atoms with E-state index in [1.54, 1.807) is 29.2 Å². The minimum atomic E-state index is -0.422. The molecular weight excluding hydrogens is 423 g/mol. The Hall–Kier alpha value is -4.07. The number of carbonyl (C=O) groups is 1. The van der Waals surface area contributed by atoms with Crippen molar-refractivity contribution in [3.63, 3.8) is 0 Å². The van der Waals surface area contributed by atoms with Crippen molar-refractivity contribution in [3.05, 3.63) is 94.4 Å². The quantitative estimate of drug-likeness (QED) is 0.508. The molecule has 0 radical (unpaired) electrons. The highest BCUT2D eigenvalue weighted by atomic mass is 19.1. The zero-order valence-corrected chi connectivity index (χ0v) is 17.7. The van der Waals surface area contributed by atoms with E-state index >= 15 is 0 Å². The summed E-state index contributed by atoms with van der Waals surface area (Å²) in [6.45, 7) is 0.906. The summed E-state index contributed by atoms with van der Waals surface area (Å²) in [6.07, 6.45) is 1.52. The third-order valence-electron chi connectivity index (χ3n) is 5.81. The molecule has 2 aromatic heterocycles. The fraction of sp³-hybridized carbons (Fsp3) is 0.200. The van der Waals surface area contributed by atoms with Gasteiger partial charge >= 0.3 is 0 Å². The summed E-state index contributed by atoms with van der Waals surface area (Å²) < 4.78 is 18.9. The van der Waals surface area contributed by atoms with Crippen molar-refractivity contribution >= 4 is 5.91 Å². The first-order chi connectivity index (χ1) is 16.1. The number of hydrogen-bond donors (Lipinski definition) is 1. The van der Waals surface area contributed by atoms with Crippen molar-refractivity contribution in [3.8, 4) is 22.6 Å². The number of carbonyl (C=O) groups excluding carboxylic acids is 1. The van der Waals surface area contributed by atoms with Gasteiger partial charge in [-0.05, 0) is 42.7 Å². The molecular formula is C25H21FN4O3. The Morgan fingerprint density at radius 3 is 2.67 bits per heavy atom. The van der Waals surface area contributed by atoms with E-state index in [2.05, 4.69) is 15.1 Å². The Morgan fingerprint density at radius 2 is 1.88 bits per heavy atom. The standard InChI is InChI=1S/C25H21FN4O3/c26-19-10-4-8-17(14-19)22-28-24(33-29-22)18-9-5-13-30(15-18)25(32)20-11-12-21(27-23(20)31)16-6-2-1-3-7-16/h1-4,6-8,10-12,14,18H,5,9,13,15H2,(H,27,31). The van der Waals surface area contributed by atoms with Gasteiger partial charge in [-0.2, -0.15) is 4.98 Å². The maximum Gasteiger partial charge on any atom is 0.261 e. The molecule has 1 saturated heterocycles. The molecule has 33 heavy (non-hydrogen) atoms. The zero-order chi connectivity index (χ0) is 22.8. The Bertz CT molecular complexity index is 1350. The Morgan fingerprint density at radius 1 is 1.06 bits per heavy atom. The lowest BCUT2D eigenvalue weighted by Gasteiger charge is -2.30. The highest BCUT2D eigenvalue weighted by molar-refractivity contribution is 5.94. The molecule has 0 spiro atoms. The smallest absolute Gasteiger partial charge is 0.261 e. The molecule has 1 amide bonds. The minimum absolute atomic E-state index is 0.0984. The molecule has 8 heteroatoms. The van der Waals surface area contributed by atoms with E-state index in [0.29, 0.717) is 36.1 Å². The second-order valence-electron chi connectivity index (χ2n) is 8.04. The van der Waals surface area contributed by atoms with E-state index in [9.17, 15) is 14.0 Å². The monoisotopic (exact) mass is 444 g/mol. The van der Waals surface area contributed by atoms with E-state index in [1.807, 2.05) is 30.3 Å². The summed E-state index contributed by atoms with van der Waals surface area (Å²) >= 11 is 0. The Kier molecular flexibility index (Phi) is 5.56. The van der Waals surface area contributed by atoms with Crippen LogP contribution in [0, 0.1) is 5.82 Å². The van der Waals surface area contributed by atoms with Crippen molar-refractivity contribution in [1.82, 2.24) is 20.0 Å². The van der Waals surface area contributed by atoms with Crippen LogP contribution in [0.15, 0.2) is 76.0 Å². The third kappa shape index (κ3) is 4.32. The number of amides is 1.